The van der Waals surface area contributed by atoms with E-state index in [1.807, 2.05) is 0 Å². The molecule has 0 spiro atoms. The SMILES string of the molecule is O=C(Cc1ccccc1Nc1c(Cl)cccc1Cl)C(F)C(=O)OCCCCI. The van der Waals surface area contributed by atoms with E-state index in [4.69, 9.17) is 27.9 Å². The van der Waals surface area contributed by atoms with Crippen molar-refractivity contribution in [2.75, 3.05) is 16.4 Å². The minimum Gasteiger partial charge on any atom is -0.463 e. The molecule has 0 amide bonds. The molecule has 0 radical (unpaired) electrons. The number of unbranched alkanes of at least 4 members (excludes halogenated alkanes) is 1. The lowest BCUT2D eigenvalue weighted by Crippen LogP contribution is -2.29. The number of carbonyl (C=O) groups is 2. The van der Waals surface area contributed by atoms with Gasteiger partial charge in [-0.3, -0.25) is 4.79 Å². The van der Waals surface area contributed by atoms with Crippen LogP contribution < -0.4 is 5.32 Å². The van der Waals surface area contributed by atoms with Crippen molar-refractivity contribution in [1.29, 1.82) is 0 Å². The van der Waals surface area contributed by atoms with E-state index < -0.39 is 17.9 Å². The van der Waals surface area contributed by atoms with Crippen molar-refractivity contribution in [3.8, 4) is 0 Å². The van der Waals surface area contributed by atoms with Crippen molar-refractivity contribution in [1.82, 2.24) is 0 Å². The fourth-order valence-corrected chi connectivity index (χ4v) is 3.43. The average molecular weight is 538 g/mol. The highest BCUT2D eigenvalue weighted by atomic mass is 127. The highest BCUT2D eigenvalue weighted by molar-refractivity contribution is 14.1. The van der Waals surface area contributed by atoms with Crippen LogP contribution in [0.4, 0.5) is 15.8 Å². The summed E-state index contributed by atoms with van der Waals surface area (Å²) < 4.78 is 19.9. The minimum atomic E-state index is -2.31. The highest BCUT2D eigenvalue weighted by Gasteiger charge is 2.28. The topological polar surface area (TPSA) is 55.4 Å². The van der Waals surface area contributed by atoms with Crippen LogP contribution in [-0.4, -0.2) is 29.0 Å². The first-order valence-corrected chi connectivity index (χ1v) is 10.9. The molecule has 0 heterocycles. The maximum absolute atomic E-state index is 14.2. The Morgan fingerprint density at radius 3 is 2.43 bits per heavy atom. The second kappa shape index (κ2) is 11.6. The van der Waals surface area contributed by atoms with Crippen molar-refractivity contribution in [3.05, 3.63) is 58.1 Å². The van der Waals surface area contributed by atoms with Crippen molar-refractivity contribution in [3.63, 3.8) is 0 Å². The van der Waals surface area contributed by atoms with Gasteiger partial charge in [-0.15, -0.1) is 0 Å². The molecule has 0 aliphatic rings. The minimum absolute atomic E-state index is 0.110. The lowest BCUT2D eigenvalue weighted by molar-refractivity contribution is -0.153. The number of ketones is 1. The van der Waals surface area contributed by atoms with Crippen LogP contribution >= 0.6 is 45.8 Å². The third-order valence-electron chi connectivity index (χ3n) is 3.87. The molecule has 2 aromatic carbocycles. The van der Waals surface area contributed by atoms with Gasteiger partial charge in [-0.25, -0.2) is 9.18 Å². The maximum atomic E-state index is 14.2. The highest BCUT2D eigenvalue weighted by Crippen LogP contribution is 2.33. The molecule has 0 bridgehead atoms. The number of para-hydroxylation sites is 2. The van der Waals surface area contributed by atoms with Crippen LogP contribution in [0.25, 0.3) is 0 Å². The Morgan fingerprint density at radius 2 is 1.75 bits per heavy atom. The molecule has 8 heteroatoms. The molecule has 4 nitrogen and oxygen atoms in total. The van der Waals surface area contributed by atoms with Gasteiger partial charge in [0, 0.05) is 12.1 Å². The van der Waals surface area contributed by atoms with Crippen molar-refractivity contribution in [2.45, 2.75) is 25.4 Å². The number of nitrogens with one attached hydrogen (secondary N) is 1. The van der Waals surface area contributed by atoms with E-state index in [2.05, 4.69) is 27.9 Å². The summed E-state index contributed by atoms with van der Waals surface area (Å²) in [6.07, 6.45) is -1.07. The number of anilines is 2. The van der Waals surface area contributed by atoms with Gasteiger partial charge >= 0.3 is 5.97 Å². The zero-order valence-electron chi connectivity index (χ0n) is 14.9. The molecule has 150 valence electrons. The van der Waals surface area contributed by atoms with Crippen LogP contribution in [-0.2, 0) is 20.7 Å². The van der Waals surface area contributed by atoms with Crippen LogP contribution in [0.3, 0.4) is 0 Å². The fourth-order valence-electron chi connectivity index (χ4n) is 2.40. The molecule has 0 saturated carbocycles. The van der Waals surface area contributed by atoms with Crippen LogP contribution in [0.2, 0.25) is 10.0 Å². The second-order valence-corrected chi connectivity index (χ2v) is 7.84. The zero-order valence-corrected chi connectivity index (χ0v) is 18.6. The normalized spacial score (nSPS) is 11.7. The lowest BCUT2D eigenvalue weighted by atomic mass is 10.0. The Labute approximate surface area is 186 Å². The number of halogens is 4. The number of benzene rings is 2. The molecule has 0 aliphatic heterocycles. The number of rotatable bonds is 10. The summed E-state index contributed by atoms with van der Waals surface area (Å²) in [6.45, 7) is 0.110. The van der Waals surface area contributed by atoms with Gasteiger partial charge in [-0.05, 0) is 41.0 Å². The first-order valence-electron chi connectivity index (χ1n) is 8.62. The van der Waals surface area contributed by atoms with Crippen molar-refractivity contribution in [2.24, 2.45) is 0 Å². The summed E-state index contributed by atoms with van der Waals surface area (Å²) in [4.78, 5) is 24.0. The number of esters is 1. The van der Waals surface area contributed by atoms with Gasteiger partial charge in [-0.2, -0.15) is 0 Å². The third-order valence-corrected chi connectivity index (χ3v) is 5.26. The summed E-state index contributed by atoms with van der Waals surface area (Å²) in [6, 6.07) is 11.9. The lowest BCUT2D eigenvalue weighted by Gasteiger charge is -2.15. The number of ether oxygens (including phenoxy) is 1. The van der Waals surface area contributed by atoms with Crippen molar-refractivity contribution < 1.29 is 18.7 Å². The molecule has 1 unspecified atom stereocenters. The van der Waals surface area contributed by atoms with Gasteiger partial charge in [0.2, 0.25) is 0 Å². The van der Waals surface area contributed by atoms with E-state index in [1.165, 1.54) is 0 Å². The Morgan fingerprint density at radius 1 is 1.07 bits per heavy atom. The molecule has 28 heavy (non-hydrogen) atoms. The largest absolute Gasteiger partial charge is 0.463 e. The second-order valence-electron chi connectivity index (χ2n) is 5.95. The van der Waals surface area contributed by atoms with E-state index in [-0.39, 0.29) is 13.0 Å². The number of Topliss-reactive ketones (excluding diaryl/α,β-unsaturated/α-hetero) is 1. The molecule has 0 aromatic heterocycles. The Kier molecular flexibility index (Phi) is 9.47. The van der Waals surface area contributed by atoms with E-state index >= 15 is 0 Å². The summed E-state index contributed by atoms with van der Waals surface area (Å²) in [5.74, 6) is -2.00. The summed E-state index contributed by atoms with van der Waals surface area (Å²) >= 11 is 14.5. The van der Waals surface area contributed by atoms with E-state index in [9.17, 15) is 14.0 Å². The summed E-state index contributed by atoms with van der Waals surface area (Å²) in [5, 5.41) is 3.89. The molecule has 0 aliphatic carbocycles. The number of carbonyl (C=O) groups excluding carboxylic acids is 2. The molecule has 2 aromatic rings. The maximum Gasteiger partial charge on any atom is 0.348 e. The monoisotopic (exact) mass is 537 g/mol. The first kappa shape index (κ1) is 22.9. The Balaban J connectivity index is 2.06. The van der Waals surface area contributed by atoms with Crippen molar-refractivity contribution >= 4 is 68.9 Å². The van der Waals surface area contributed by atoms with Gasteiger partial charge in [0.1, 0.15) is 0 Å². The number of hydrogen-bond acceptors (Lipinski definition) is 4. The van der Waals surface area contributed by atoms with Gasteiger partial charge in [-0.1, -0.05) is 70.1 Å². The molecular weight excluding hydrogens is 519 g/mol. The van der Waals surface area contributed by atoms with Gasteiger partial charge < -0.3 is 10.1 Å². The number of hydrogen-bond donors (Lipinski definition) is 1. The molecule has 1 N–H and O–H groups in total. The quantitative estimate of drug-likeness (QED) is 0.134. The number of alkyl halides is 2. The summed E-state index contributed by atoms with van der Waals surface area (Å²) in [7, 11) is 0. The van der Waals surface area contributed by atoms with Crippen LogP contribution in [0.5, 0.6) is 0 Å². The van der Waals surface area contributed by atoms with E-state index in [0.29, 0.717) is 33.4 Å². The Bertz CT molecular complexity index is 815. The standard InChI is InChI=1S/C20H19Cl2FINO3/c21-14-7-5-8-15(22)19(14)25-16-9-2-1-6-13(16)12-17(26)18(23)20(27)28-11-4-3-10-24/h1-2,5-9,18,25H,3-4,10-12H2. The predicted molar refractivity (Wildman–Crippen MR) is 119 cm³/mol. The van der Waals surface area contributed by atoms with Crippen LogP contribution in [0.15, 0.2) is 42.5 Å². The van der Waals surface area contributed by atoms with Gasteiger partial charge in [0.25, 0.3) is 6.17 Å². The van der Waals surface area contributed by atoms with Gasteiger partial charge in [0.05, 0.1) is 22.3 Å². The zero-order chi connectivity index (χ0) is 20.5. The van der Waals surface area contributed by atoms with Crippen LogP contribution in [0.1, 0.15) is 18.4 Å². The van der Waals surface area contributed by atoms with Gasteiger partial charge in [0.15, 0.2) is 5.78 Å². The molecule has 1 atom stereocenters. The average Bonchev–Trinajstić information content (AvgIpc) is 2.68. The van der Waals surface area contributed by atoms with E-state index in [0.717, 1.165) is 10.8 Å². The van der Waals surface area contributed by atoms with E-state index in [1.54, 1.807) is 42.5 Å². The molecule has 0 fully saturated rings. The fraction of sp³-hybridized carbons (Fsp3) is 0.300. The van der Waals surface area contributed by atoms with Crippen LogP contribution in [0, 0.1) is 0 Å². The first-order chi connectivity index (χ1) is 13.4. The predicted octanol–water partition coefficient (Wildman–Crippen LogP) is 5.95. The summed E-state index contributed by atoms with van der Waals surface area (Å²) in [5.41, 5.74) is 1.55. The molecular formula is C20H19Cl2FINO3. The molecule has 0 saturated heterocycles. The molecule has 2 rings (SSSR count). The smallest absolute Gasteiger partial charge is 0.348 e. The Hall–Kier alpha value is -1.38. The third kappa shape index (κ3) is 6.60.